The lowest BCUT2D eigenvalue weighted by molar-refractivity contribution is 0.361. The predicted octanol–water partition coefficient (Wildman–Crippen LogP) is 2.53. The SMILES string of the molecule is C=CCOc1ccnc(CNC(C)(C)C)c1. The molecule has 0 spiro atoms. The second kappa shape index (κ2) is 5.66. The zero-order valence-corrected chi connectivity index (χ0v) is 10.3. The Kier molecular flexibility index (Phi) is 4.50. The van der Waals surface area contributed by atoms with Gasteiger partial charge in [0.1, 0.15) is 12.4 Å². The maximum Gasteiger partial charge on any atom is 0.123 e. The molecule has 0 saturated carbocycles. The van der Waals surface area contributed by atoms with E-state index >= 15 is 0 Å². The predicted molar refractivity (Wildman–Crippen MR) is 66.5 cm³/mol. The first kappa shape index (κ1) is 12.7. The molecule has 1 heterocycles. The lowest BCUT2D eigenvalue weighted by atomic mass is 10.1. The largest absolute Gasteiger partial charge is 0.489 e. The van der Waals surface area contributed by atoms with Crippen LogP contribution in [0.4, 0.5) is 0 Å². The third-order valence-electron chi connectivity index (χ3n) is 1.96. The molecule has 1 aromatic rings. The van der Waals surface area contributed by atoms with Crippen molar-refractivity contribution in [2.24, 2.45) is 0 Å². The van der Waals surface area contributed by atoms with E-state index < -0.39 is 0 Å². The molecule has 0 aromatic carbocycles. The smallest absolute Gasteiger partial charge is 0.123 e. The maximum atomic E-state index is 5.44. The van der Waals surface area contributed by atoms with Crippen LogP contribution in [0.25, 0.3) is 0 Å². The van der Waals surface area contributed by atoms with Gasteiger partial charge in [-0.25, -0.2) is 0 Å². The van der Waals surface area contributed by atoms with Crippen LogP contribution in [0.5, 0.6) is 5.75 Å². The lowest BCUT2D eigenvalue weighted by Crippen LogP contribution is -2.35. The number of nitrogens with zero attached hydrogens (tertiary/aromatic N) is 1. The van der Waals surface area contributed by atoms with Gasteiger partial charge in [-0.1, -0.05) is 12.7 Å². The Balaban J connectivity index is 2.56. The summed E-state index contributed by atoms with van der Waals surface area (Å²) in [6.45, 7) is 11.3. The number of ether oxygens (including phenoxy) is 1. The van der Waals surface area contributed by atoms with Crippen molar-refractivity contribution >= 4 is 0 Å². The minimum atomic E-state index is 0.0969. The molecule has 0 aliphatic rings. The minimum absolute atomic E-state index is 0.0969. The zero-order chi connectivity index (χ0) is 12.0. The first-order valence-electron chi connectivity index (χ1n) is 5.45. The summed E-state index contributed by atoms with van der Waals surface area (Å²) >= 11 is 0. The van der Waals surface area contributed by atoms with Crippen LogP contribution in [0.15, 0.2) is 31.0 Å². The van der Waals surface area contributed by atoms with Gasteiger partial charge in [0.05, 0.1) is 5.69 Å². The van der Waals surface area contributed by atoms with Crippen molar-refractivity contribution in [3.05, 3.63) is 36.7 Å². The van der Waals surface area contributed by atoms with Crippen molar-refractivity contribution in [1.82, 2.24) is 10.3 Å². The highest BCUT2D eigenvalue weighted by molar-refractivity contribution is 5.22. The van der Waals surface area contributed by atoms with Gasteiger partial charge in [0, 0.05) is 24.3 Å². The number of pyridine rings is 1. The van der Waals surface area contributed by atoms with E-state index in [1.165, 1.54) is 0 Å². The molecule has 3 heteroatoms. The Labute approximate surface area is 97.5 Å². The highest BCUT2D eigenvalue weighted by atomic mass is 16.5. The normalized spacial score (nSPS) is 11.2. The molecule has 88 valence electrons. The standard InChI is InChI=1S/C13H20N2O/c1-5-8-16-12-6-7-14-11(9-12)10-15-13(2,3)4/h5-7,9,15H,1,8,10H2,2-4H3. The molecule has 1 aromatic heterocycles. The van der Waals surface area contributed by atoms with Gasteiger partial charge < -0.3 is 10.1 Å². The molecule has 0 aliphatic carbocycles. The Hall–Kier alpha value is -1.35. The summed E-state index contributed by atoms with van der Waals surface area (Å²) in [6, 6.07) is 3.80. The number of rotatable bonds is 5. The van der Waals surface area contributed by atoms with Crippen molar-refractivity contribution < 1.29 is 4.74 Å². The monoisotopic (exact) mass is 220 g/mol. The molecular weight excluding hydrogens is 200 g/mol. The van der Waals surface area contributed by atoms with E-state index in [4.69, 9.17) is 4.74 Å². The average molecular weight is 220 g/mol. The van der Waals surface area contributed by atoms with Crippen LogP contribution in [0.1, 0.15) is 26.5 Å². The summed E-state index contributed by atoms with van der Waals surface area (Å²) in [5, 5.41) is 3.38. The fourth-order valence-corrected chi connectivity index (χ4v) is 1.15. The van der Waals surface area contributed by atoms with Crippen LogP contribution in [-0.2, 0) is 6.54 Å². The molecule has 1 N–H and O–H groups in total. The van der Waals surface area contributed by atoms with Gasteiger partial charge >= 0.3 is 0 Å². The van der Waals surface area contributed by atoms with Gasteiger partial charge in [0.25, 0.3) is 0 Å². The first-order valence-corrected chi connectivity index (χ1v) is 5.45. The summed E-state index contributed by atoms with van der Waals surface area (Å²) in [4.78, 5) is 4.28. The van der Waals surface area contributed by atoms with E-state index in [1.54, 1.807) is 12.3 Å². The molecular formula is C13H20N2O. The molecule has 0 unspecified atom stereocenters. The number of aromatic nitrogens is 1. The van der Waals surface area contributed by atoms with Gasteiger partial charge in [0.15, 0.2) is 0 Å². The maximum absolute atomic E-state index is 5.44. The van der Waals surface area contributed by atoms with Crippen LogP contribution in [-0.4, -0.2) is 17.1 Å². The van der Waals surface area contributed by atoms with Gasteiger partial charge in [-0.15, -0.1) is 0 Å². The lowest BCUT2D eigenvalue weighted by Gasteiger charge is -2.20. The van der Waals surface area contributed by atoms with Crippen molar-refractivity contribution in [2.75, 3.05) is 6.61 Å². The number of nitrogens with one attached hydrogen (secondary N) is 1. The summed E-state index contributed by atoms with van der Waals surface area (Å²) < 4.78 is 5.44. The molecule has 16 heavy (non-hydrogen) atoms. The van der Waals surface area contributed by atoms with Crippen LogP contribution < -0.4 is 10.1 Å². The highest BCUT2D eigenvalue weighted by Crippen LogP contribution is 2.11. The number of hydrogen-bond acceptors (Lipinski definition) is 3. The second-order valence-corrected chi connectivity index (χ2v) is 4.69. The Bertz CT molecular complexity index is 342. The van der Waals surface area contributed by atoms with E-state index in [1.807, 2.05) is 12.1 Å². The Morgan fingerprint density at radius 3 is 2.88 bits per heavy atom. The second-order valence-electron chi connectivity index (χ2n) is 4.69. The fourth-order valence-electron chi connectivity index (χ4n) is 1.15. The summed E-state index contributed by atoms with van der Waals surface area (Å²) in [6.07, 6.45) is 3.49. The molecule has 0 fully saturated rings. The van der Waals surface area contributed by atoms with Crippen LogP contribution >= 0.6 is 0 Å². The number of hydrogen-bond donors (Lipinski definition) is 1. The molecule has 0 saturated heterocycles. The van der Waals surface area contributed by atoms with Gasteiger partial charge in [0.2, 0.25) is 0 Å². The van der Waals surface area contributed by atoms with Gasteiger partial charge in [-0.05, 0) is 26.8 Å². The summed E-state index contributed by atoms with van der Waals surface area (Å²) in [7, 11) is 0. The van der Waals surface area contributed by atoms with Crippen molar-refractivity contribution in [2.45, 2.75) is 32.9 Å². The highest BCUT2D eigenvalue weighted by Gasteiger charge is 2.08. The van der Waals surface area contributed by atoms with Crippen molar-refractivity contribution in [3.8, 4) is 5.75 Å². The molecule has 0 bridgehead atoms. The van der Waals surface area contributed by atoms with Crippen LogP contribution in [0, 0.1) is 0 Å². The quantitative estimate of drug-likeness (QED) is 0.774. The fraction of sp³-hybridized carbons (Fsp3) is 0.462. The first-order chi connectivity index (χ1) is 7.51. The van der Waals surface area contributed by atoms with E-state index in [0.29, 0.717) is 6.61 Å². The van der Waals surface area contributed by atoms with E-state index in [0.717, 1.165) is 18.0 Å². The van der Waals surface area contributed by atoms with E-state index in [-0.39, 0.29) is 5.54 Å². The third kappa shape index (κ3) is 4.94. The van der Waals surface area contributed by atoms with E-state index in [2.05, 4.69) is 37.7 Å². The topological polar surface area (TPSA) is 34.1 Å². The van der Waals surface area contributed by atoms with Crippen molar-refractivity contribution in [3.63, 3.8) is 0 Å². The van der Waals surface area contributed by atoms with Crippen LogP contribution in [0.2, 0.25) is 0 Å². The molecule has 0 amide bonds. The summed E-state index contributed by atoms with van der Waals surface area (Å²) in [5.74, 6) is 0.834. The molecule has 1 rings (SSSR count). The average Bonchev–Trinajstić information content (AvgIpc) is 2.23. The Morgan fingerprint density at radius 2 is 2.25 bits per heavy atom. The molecule has 0 aliphatic heterocycles. The molecule has 0 atom stereocenters. The van der Waals surface area contributed by atoms with E-state index in [9.17, 15) is 0 Å². The molecule has 0 radical (unpaired) electrons. The minimum Gasteiger partial charge on any atom is -0.489 e. The zero-order valence-electron chi connectivity index (χ0n) is 10.3. The van der Waals surface area contributed by atoms with Gasteiger partial charge in [-0.3, -0.25) is 4.98 Å². The van der Waals surface area contributed by atoms with Crippen LogP contribution in [0.3, 0.4) is 0 Å². The van der Waals surface area contributed by atoms with Crippen molar-refractivity contribution in [1.29, 1.82) is 0 Å². The summed E-state index contributed by atoms with van der Waals surface area (Å²) in [5.41, 5.74) is 1.08. The van der Waals surface area contributed by atoms with Gasteiger partial charge in [-0.2, -0.15) is 0 Å². The Morgan fingerprint density at radius 1 is 1.50 bits per heavy atom. The molecule has 3 nitrogen and oxygen atoms in total. The third-order valence-corrected chi connectivity index (χ3v) is 1.96.